The van der Waals surface area contributed by atoms with E-state index in [1.54, 1.807) is 13.0 Å². The van der Waals surface area contributed by atoms with Gasteiger partial charge in [-0.05, 0) is 19.1 Å². The second-order valence-electron chi connectivity index (χ2n) is 7.27. The molecule has 0 unspecified atom stereocenters. The van der Waals surface area contributed by atoms with E-state index >= 15 is 0 Å². The van der Waals surface area contributed by atoms with E-state index in [1.807, 2.05) is 0 Å². The van der Waals surface area contributed by atoms with Gasteiger partial charge in [0.1, 0.15) is 0 Å². The number of nitro groups is 2. The first-order valence-electron chi connectivity index (χ1n) is 9.54. The molecular formula is C20H16N4O8. The lowest BCUT2D eigenvalue weighted by Gasteiger charge is -2.28. The molecule has 4 rings (SSSR count). The normalized spacial score (nSPS) is 15.7. The van der Waals surface area contributed by atoms with Crippen LogP contribution in [-0.2, 0) is 9.53 Å². The molecule has 0 aliphatic carbocycles. The number of aryl methyl sites for hydroxylation is 1. The number of fused-ring (bicyclic) bond motifs is 1. The van der Waals surface area contributed by atoms with Crippen molar-refractivity contribution in [3.05, 3.63) is 67.3 Å². The van der Waals surface area contributed by atoms with E-state index in [1.165, 1.54) is 17.0 Å². The molecule has 164 valence electrons. The Morgan fingerprint density at radius 1 is 1.00 bits per heavy atom. The molecule has 1 saturated heterocycles. The summed E-state index contributed by atoms with van der Waals surface area (Å²) in [5.41, 5.74) is -1.23. The number of Topliss-reactive ketones (excluding diaryl/α,β-unsaturated/α-hetero) is 1. The van der Waals surface area contributed by atoms with Gasteiger partial charge in [-0.25, -0.2) is 4.90 Å². The summed E-state index contributed by atoms with van der Waals surface area (Å²) < 4.78 is 5.20. The lowest BCUT2D eigenvalue weighted by Crippen LogP contribution is -2.38. The zero-order valence-corrected chi connectivity index (χ0v) is 16.8. The lowest BCUT2D eigenvalue weighted by molar-refractivity contribution is -0.392. The predicted molar refractivity (Wildman–Crippen MR) is 110 cm³/mol. The second-order valence-corrected chi connectivity index (χ2v) is 7.27. The van der Waals surface area contributed by atoms with Crippen LogP contribution in [0.5, 0.6) is 0 Å². The fourth-order valence-corrected chi connectivity index (χ4v) is 3.80. The number of anilines is 2. The number of benzene rings is 2. The van der Waals surface area contributed by atoms with Crippen molar-refractivity contribution in [2.24, 2.45) is 0 Å². The molecule has 12 nitrogen and oxygen atoms in total. The van der Waals surface area contributed by atoms with Crippen LogP contribution < -0.4 is 9.80 Å². The maximum atomic E-state index is 13.2. The Labute approximate surface area is 180 Å². The molecule has 32 heavy (non-hydrogen) atoms. The van der Waals surface area contributed by atoms with E-state index in [9.17, 15) is 34.6 Å². The van der Waals surface area contributed by atoms with Gasteiger partial charge in [-0.15, -0.1) is 0 Å². The first kappa shape index (κ1) is 21.1. The maximum Gasteiger partial charge on any atom is 0.306 e. The molecule has 0 aromatic heterocycles. The number of ketones is 1. The smallest absolute Gasteiger partial charge is 0.306 e. The van der Waals surface area contributed by atoms with Crippen LogP contribution in [0.25, 0.3) is 0 Å². The quantitative estimate of drug-likeness (QED) is 0.301. The fourth-order valence-electron chi connectivity index (χ4n) is 3.80. The zero-order valence-electron chi connectivity index (χ0n) is 16.8. The average Bonchev–Trinajstić information content (AvgIpc) is 3.02. The van der Waals surface area contributed by atoms with E-state index < -0.39 is 44.4 Å². The minimum atomic E-state index is -1.13. The predicted octanol–water partition coefficient (Wildman–Crippen LogP) is 2.02. The third-order valence-electron chi connectivity index (χ3n) is 5.28. The van der Waals surface area contributed by atoms with Crippen LogP contribution in [0.15, 0.2) is 30.3 Å². The van der Waals surface area contributed by atoms with Crippen LogP contribution in [-0.4, -0.2) is 53.7 Å². The van der Waals surface area contributed by atoms with Crippen molar-refractivity contribution in [3.8, 4) is 0 Å². The van der Waals surface area contributed by atoms with Crippen LogP contribution in [0.3, 0.4) is 0 Å². The molecule has 12 heteroatoms. The third-order valence-corrected chi connectivity index (χ3v) is 5.28. The van der Waals surface area contributed by atoms with Gasteiger partial charge in [-0.2, -0.15) is 0 Å². The SMILES string of the molecule is Cc1ccc2c(c1)C(=O)C(=O)N2C(=O)c1cc([N+](=O)[O-])c(N2CCOCC2)c([N+](=O)[O-])c1. The number of imide groups is 1. The first-order chi connectivity index (χ1) is 15.2. The second kappa shape index (κ2) is 7.81. The Morgan fingerprint density at radius 2 is 1.59 bits per heavy atom. The van der Waals surface area contributed by atoms with Gasteiger partial charge < -0.3 is 9.64 Å². The molecule has 2 amide bonds. The van der Waals surface area contributed by atoms with Crippen molar-refractivity contribution >= 4 is 40.3 Å². The van der Waals surface area contributed by atoms with E-state index in [0.717, 1.165) is 12.1 Å². The van der Waals surface area contributed by atoms with Crippen LogP contribution in [0.4, 0.5) is 22.7 Å². The van der Waals surface area contributed by atoms with E-state index in [0.29, 0.717) is 10.5 Å². The number of carbonyl (C=O) groups is 3. The van der Waals surface area contributed by atoms with Gasteiger partial charge in [-0.3, -0.25) is 34.6 Å². The van der Waals surface area contributed by atoms with Crippen LogP contribution in [0, 0.1) is 27.2 Å². The minimum Gasteiger partial charge on any atom is -0.378 e. The van der Waals surface area contributed by atoms with Crippen molar-refractivity contribution in [1.29, 1.82) is 0 Å². The number of nitro benzene ring substituents is 2. The number of amides is 2. The van der Waals surface area contributed by atoms with Crippen molar-refractivity contribution in [1.82, 2.24) is 0 Å². The third kappa shape index (κ3) is 3.36. The molecule has 0 saturated carbocycles. The lowest BCUT2D eigenvalue weighted by atomic mass is 10.1. The standard InChI is InChI=1S/C20H16N4O8/c1-11-2-3-14-13(8-11)18(25)20(27)22(14)19(26)12-9-15(23(28)29)17(16(10-12)24(30)31)21-4-6-32-7-5-21/h2-3,8-10H,4-7H2,1H3. The molecule has 2 aromatic carbocycles. The Kier molecular flexibility index (Phi) is 5.14. The zero-order chi connectivity index (χ0) is 23.2. The van der Waals surface area contributed by atoms with Crippen molar-refractivity contribution < 1.29 is 29.0 Å². The number of rotatable bonds is 4. The van der Waals surface area contributed by atoms with Crippen LogP contribution in [0.2, 0.25) is 0 Å². The van der Waals surface area contributed by atoms with E-state index in [4.69, 9.17) is 4.74 Å². The van der Waals surface area contributed by atoms with Gasteiger partial charge >= 0.3 is 5.91 Å². The molecule has 2 aliphatic rings. The van der Waals surface area contributed by atoms with Crippen molar-refractivity contribution in [3.63, 3.8) is 0 Å². The molecule has 0 N–H and O–H groups in total. The molecule has 1 fully saturated rings. The van der Waals surface area contributed by atoms with Crippen LogP contribution >= 0.6 is 0 Å². The average molecular weight is 440 g/mol. The summed E-state index contributed by atoms with van der Waals surface area (Å²) in [6.45, 7) is 2.56. The summed E-state index contributed by atoms with van der Waals surface area (Å²) in [6.07, 6.45) is 0. The Morgan fingerprint density at radius 3 is 2.16 bits per heavy atom. The Hall–Kier alpha value is -4.19. The molecule has 0 atom stereocenters. The highest BCUT2D eigenvalue weighted by molar-refractivity contribution is 6.57. The van der Waals surface area contributed by atoms with E-state index in [2.05, 4.69) is 0 Å². The maximum absolute atomic E-state index is 13.2. The van der Waals surface area contributed by atoms with Crippen molar-refractivity contribution in [2.45, 2.75) is 6.92 Å². The molecule has 0 bridgehead atoms. The molecule has 2 aliphatic heterocycles. The summed E-state index contributed by atoms with van der Waals surface area (Å²) in [7, 11) is 0. The summed E-state index contributed by atoms with van der Waals surface area (Å²) in [5.74, 6) is -3.09. The number of ether oxygens (including phenoxy) is 1. The van der Waals surface area contributed by atoms with Crippen molar-refractivity contribution in [2.75, 3.05) is 36.1 Å². The molecule has 0 spiro atoms. The first-order valence-corrected chi connectivity index (χ1v) is 9.54. The largest absolute Gasteiger partial charge is 0.378 e. The van der Waals surface area contributed by atoms with Crippen LogP contribution in [0.1, 0.15) is 26.3 Å². The number of hydrogen-bond acceptors (Lipinski definition) is 9. The molecule has 2 heterocycles. The highest BCUT2D eigenvalue weighted by atomic mass is 16.6. The number of morpholine rings is 1. The Balaban J connectivity index is 1.85. The van der Waals surface area contributed by atoms with Gasteiger partial charge in [-0.1, -0.05) is 11.6 Å². The number of nitrogens with zero attached hydrogens (tertiary/aromatic N) is 4. The van der Waals surface area contributed by atoms with Gasteiger partial charge in [0.15, 0.2) is 5.69 Å². The fraction of sp³-hybridized carbons (Fsp3) is 0.250. The topological polar surface area (TPSA) is 153 Å². The van der Waals surface area contributed by atoms with Gasteiger partial charge in [0, 0.05) is 25.2 Å². The van der Waals surface area contributed by atoms with E-state index in [-0.39, 0.29) is 43.2 Å². The summed E-state index contributed by atoms with van der Waals surface area (Å²) >= 11 is 0. The molecular weight excluding hydrogens is 424 g/mol. The van der Waals surface area contributed by atoms with Gasteiger partial charge in [0.05, 0.1) is 39.9 Å². The minimum absolute atomic E-state index is 0.0253. The summed E-state index contributed by atoms with van der Waals surface area (Å²) in [4.78, 5) is 61.9. The van der Waals surface area contributed by atoms with Gasteiger partial charge in [0.25, 0.3) is 23.1 Å². The number of hydrogen-bond donors (Lipinski definition) is 0. The highest BCUT2D eigenvalue weighted by Gasteiger charge is 2.42. The van der Waals surface area contributed by atoms with Gasteiger partial charge in [0.2, 0.25) is 0 Å². The molecule has 2 aromatic rings. The monoisotopic (exact) mass is 440 g/mol. The highest BCUT2D eigenvalue weighted by Crippen LogP contribution is 2.40. The summed E-state index contributed by atoms with van der Waals surface area (Å²) in [6, 6.07) is 6.25. The molecule has 0 radical (unpaired) electrons. The number of carbonyl (C=O) groups excluding carboxylic acids is 3. The summed E-state index contributed by atoms with van der Waals surface area (Å²) in [5, 5.41) is 23.5. The Bertz CT molecular complexity index is 1170.